The van der Waals surface area contributed by atoms with Gasteiger partial charge in [0.1, 0.15) is 0 Å². The van der Waals surface area contributed by atoms with Crippen LogP contribution in [0.25, 0.3) is 0 Å². The van der Waals surface area contributed by atoms with E-state index >= 15 is 0 Å². The maximum atomic E-state index is 1.64. The van der Waals surface area contributed by atoms with Crippen LogP contribution in [-0.4, -0.2) is 0 Å². The monoisotopic (exact) mass is 246 g/mol. The highest BCUT2D eigenvalue weighted by Crippen LogP contribution is 2.58. The Bertz CT molecular complexity index is 268. The highest BCUT2D eigenvalue weighted by molar-refractivity contribution is 4.99. The molecule has 0 heterocycles. The summed E-state index contributed by atoms with van der Waals surface area (Å²) in [5.74, 6) is 7.00. The molecule has 0 aromatic rings. The second-order valence-corrected chi connectivity index (χ2v) is 7.92. The maximum Gasteiger partial charge on any atom is -0.0324 e. The van der Waals surface area contributed by atoms with Gasteiger partial charge in [-0.25, -0.2) is 0 Å². The average Bonchev–Trinajstić information content (AvgIpc) is 3.04. The summed E-state index contributed by atoms with van der Waals surface area (Å²) >= 11 is 0. The van der Waals surface area contributed by atoms with Gasteiger partial charge in [-0.2, -0.15) is 0 Å². The molecule has 4 rings (SSSR count). The van der Waals surface area contributed by atoms with Crippen LogP contribution in [0.4, 0.5) is 0 Å². The van der Waals surface area contributed by atoms with Crippen LogP contribution in [-0.2, 0) is 0 Å². The molecular formula is C18H30. The molecule has 4 aliphatic carbocycles. The zero-order chi connectivity index (χ0) is 11.9. The molecule has 0 spiro atoms. The van der Waals surface area contributed by atoms with Crippen LogP contribution in [0, 0.1) is 35.5 Å². The van der Waals surface area contributed by atoms with Crippen molar-refractivity contribution in [3.05, 3.63) is 0 Å². The molecule has 102 valence electrons. The van der Waals surface area contributed by atoms with Crippen molar-refractivity contribution in [1.29, 1.82) is 0 Å². The molecule has 0 amide bonds. The fraction of sp³-hybridized carbons (Fsp3) is 1.00. The third kappa shape index (κ3) is 1.86. The highest BCUT2D eigenvalue weighted by Gasteiger charge is 2.49. The zero-order valence-electron chi connectivity index (χ0n) is 11.9. The summed E-state index contributed by atoms with van der Waals surface area (Å²) < 4.78 is 0. The minimum Gasteiger partial charge on any atom is -0.0533 e. The van der Waals surface area contributed by atoms with Gasteiger partial charge in [-0.15, -0.1) is 0 Å². The van der Waals surface area contributed by atoms with Gasteiger partial charge < -0.3 is 0 Å². The molecule has 18 heavy (non-hydrogen) atoms. The molecule has 4 fully saturated rings. The first kappa shape index (κ1) is 11.8. The lowest BCUT2D eigenvalue weighted by Crippen LogP contribution is -2.40. The summed E-state index contributed by atoms with van der Waals surface area (Å²) in [5, 5.41) is 0. The summed E-state index contributed by atoms with van der Waals surface area (Å²) in [7, 11) is 0. The standard InChI is InChI=1S/C18H30/c1-2-6-13(7-3-1)18-16-10-4-8-14(16)12-15-9-5-11-17(15)18/h13-18H,1-12H2. The topological polar surface area (TPSA) is 0 Å². The molecule has 0 bridgehead atoms. The maximum absolute atomic E-state index is 1.64. The molecule has 0 N–H and O–H groups in total. The molecule has 4 saturated carbocycles. The Kier molecular flexibility index (Phi) is 3.17. The Balaban J connectivity index is 1.59. The van der Waals surface area contributed by atoms with E-state index in [4.69, 9.17) is 0 Å². The second-order valence-electron chi connectivity index (χ2n) is 7.92. The van der Waals surface area contributed by atoms with Crippen molar-refractivity contribution in [3.8, 4) is 0 Å². The molecule has 0 aromatic carbocycles. The molecule has 0 aliphatic heterocycles. The van der Waals surface area contributed by atoms with Crippen LogP contribution in [0.1, 0.15) is 77.0 Å². The Morgan fingerprint density at radius 2 is 1.00 bits per heavy atom. The molecule has 0 heteroatoms. The van der Waals surface area contributed by atoms with Gasteiger partial charge in [-0.05, 0) is 54.8 Å². The van der Waals surface area contributed by atoms with Gasteiger partial charge in [0.2, 0.25) is 0 Å². The lowest BCUT2D eigenvalue weighted by molar-refractivity contribution is 0.0165. The van der Waals surface area contributed by atoms with Crippen molar-refractivity contribution in [2.45, 2.75) is 77.0 Å². The van der Waals surface area contributed by atoms with E-state index in [0.29, 0.717) is 0 Å². The summed E-state index contributed by atoms with van der Waals surface area (Å²) in [4.78, 5) is 0. The number of hydrogen-bond donors (Lipinski definition) is 0. The smallest absolute Gasteiger partial charge is 0.0324 e. The van der Waals surface area contributed by atoms with Gasteiger partial charge >= 0.3 is 0 Å². The molecule has 4 unspecified atom stereocenters. The van der Waals surface area contributed by atoms with E-state index in [1.807, 2.05) is 0 Å². The molecule has 0 radical (unpaired) electrons. The van der Waals surface area contributed by atoms with E-state index in [-0.39, 0.29) is 0 Å². The van der Waals surface area contributed by atoms with E-state index in [9.17, 15) is 0 Å². The SMILES string of the molecule is C1CCC(C2C3CCCC3CC3CCCC32)CC1. The molecular weight excluding hydrogens is 216 g/mol. The second kappa shape index (κ2) is 4.84. The van der Waals surface area contributed by atoms with E-state index in [0.717, 1.165) is 17.8 Å². The third-order valence-corrected chi connectivity index (χ3v) is 7.22. The molecule has 4 atom stereocenters. The fourth-order valence-corrected chi connectivity index (χ4v) is 6.65. The van der Waals surface area contributed by atoms with E-state index < -0.39 is 0 Å². The van der Waals surface area contributed by atoms with Crippen molar-refractivity contribution in [2.75, 3.05) is 0 Å². The molecule has 0 nitrogen and oxygen atoms in total. The predicted octanol–water partition coefficient (Wildman–Crippen LogP) is 5.42. The highest BCUT2D eigenvalue weighted by atomic mass is 14.5. The fourth-order valence-electron chi connectivity index (χ4n) is 6.65. The summed E-state index contributed by atoms with van der Waals surface area (Å²) in [5.41, 5.74) is 0. The largest absolute Gasteiger partial charge is 0.0533 e. The van der Waals surface area contributed by atoms with E-state index in [1.165, 1.54) is 24.2 Å². The number of fused-ring (bicyclic) bond motifs is 2. The lowest BCUT2D eigenvalue weighted by Gasteiger charge is -2.47. The number of hydrogen-bond acceptors (Lipinski definition) is 0. The van der Waals surface area contributed by atoms with Gasteiger partial charge in [0.15, 0.2) is 0 Å². The first-order chi connectivity index (χ1) is 8.93. The molecule has 0 saturated heterocycles. The number of rotatable bonds is 1. The Morgan fingerprint density at radius 1 is 0.444 bits per heavy atom. The zero-order valence-corrected chi connectivity index (χ0v) is 11.9. The van der Waals surface area contributed by atoms with Gasteiger partial charge in [-0.3, -0.25) is 0 Å². The lowest BCUT2D eigenvalue weighted by atomic mass is 9.58. The Morgan fingerprint density at radius 3 is 1.61 bits per heavy atom. The van der Waals surface area contributed by atoms with Crippen molar-refractivity contribution >= 4 is 0 Å². The van der Waals surface area contributed by atoms with Crippen LogP contribution in [0.5, 0.6) is 0 Å². The third-order valence-electron chi connectivity index (χ3n) is 7.22. The Hall–Kier alpha value is 0. The van der Waals surface area contributed by atoms with Crippen molar-refractivity contribution in [1.82, 2.24) is 0 Å². The van der Waals surface area contributed by atoms with Gasteiger partial charge in [0.25, 0.3) is 0 Å². The predicted molar refractivity (Wildman–Crippen MR) is 76.3 cm³/mol. The normalized spacial score (nSPS) is 49.0. The van der Waals surface area contributed by atoms with Crippen molar-refractivity contribution in [2.24, 2.45) is 35.5 Å². The molecule has 0 aromatic heterocycles. The Labute approximate surface area is 113 Å². The van der Waals surface area contributed by atoms with Crippen molar-refractivity contribution in [3.63, 3.8) is 0 Å². The first-order valence-electron chi connectivity index (χ1n) is 8.93. The van der Waals surface area contributed by atoms with Gasteiger partial charge in [-0.1, -0.05) is 57.8 Å². The van der Waals surface area contributed by atoms with Crippen LogP contribution in [0.2, 0.25) is 0 Å². The van der Waals surface area contributed by atoms with Gasteiger partial charge in [0.05, 0.1) is 0 Å². The summed E-state index contributed by atoms with van der Waals surface area (Å²) in [6.07, 6.45) is 19.0. The average molecular weight is 246 g/mol. The minimum absolute atomic E-state index is 1.15. The summed E-state index contributed by atoms with van der Waals surface area (Å²) in [6.45, 7) is 0. The first-order valence-corrected chi connectivity index (χ1v) is 8.93. The van der Waals surface area contributed by atoms with Crippen LogP contribution >= 0.6 is 0 Å². The van der Waals surface area contributed by atoms with E-state index in [2.05, 4.69) is 0 Å². The minimum atomic E-state index is 1.15. The van der Waals surface area contributed by atoms with Crippen LogP contribution in [0.15, 0.2) is 0 Å². The van der Waals surface area contributed by atoms with E-state index in [1.54, 1.807) is 70.6 Å². The van der Waals surface area contributed by atoms with Crippen LogP contribution < -0.4 is 0 Å². The summed E-state index contributed by atoms with van der Waals surface area (Å²) in [6, 6.07) is 0. The quantitative estimate of drug-likeness (QED) is 0.579. The molecule has 4 aliphatic rings. The van der Waals surface area contributed by atoms with Gasteiger partial charge in [0, 0.05) is 0 Å². The van der Waals surface area contributed by atoms with Crippen molar-refractivity contribution < 1.29 is 0 Å². The van der Waals surface area contributed by atoms with Crippen LogP contribution in [0.3, 0.4) is 0 Å².